The Hall–Kier alpha value is -3.98. The lowest BCUT2D eigenvalue weighted by atomic mass is 9.95. The van der Waals surface area contributed by atoms with Gasteiger partial charge in [-0.2, -0.15) is 0 Å². The zero-order valence-electron chi connectivity index (χ0n) is 19.7. The lowest BCUT2D eigenvalue weighted by Gasteiger charge is -2.18. The summed E-state index contributed by atoms with van der Waals surface area (Å²) in [6, 6.07) is 20.6. The molecule has 0 radical (unpaired) electrons. The molecule has 178 valence electrons. The van der Waals surface area contributed by atoms with Gasteiger partial charge in [0.25, 0.3) is 0 Å². The smallest absolute Gasteiger partial charge is 0.234 e. The van der Waals surface area contributed by atoms with Gasteiger partial charge in [0.05, 0.1) is 5.75 Å². The molecule has 0 aliphatic rings. The van der Waals surface area contributed by atoms with E-state index in [4.69, 9.17) is 0 Å². The molecule has 0 aliphatic carbocycles. The van der Waals surface area contributed by atoms with Crippen molar-refractivity contribution in [2.45, 2.75) is 25.9 Å². The van der Waals surface area contributed by atoms with E-state index in [-0.39, 0.29) is 17.6 Å². The molecule has 2 N–H and O–H groups in total. The van der Waals surface area contributed by atoms with Gasteiger partial charge in [0, 0.05) is 40.4 Å². The van der Waals surface area contributed by atoms with Gasteiger partial charge < -0.3 is 10.6 Å². The fourth-order valence-corrected chi connectivity index (χ4v) is 3.93. The second-order valence-corrected chi connectivity index (χ2v) is 9.78. The van der Waals surface area contributed by atoms with Gasteiger partial charge in [-0.05, 0) is 42.5 Å². The van der Waals surface area contributed by atoms with E-state index in [0.717, 1.165) is 11.3 Å². The molecule has 0 spiro atoms. The summed E-state index contributed by atoms with van der Waals surface area (Å²) in [4.78, 5) is 29.2. The van der Waals surface area contributed by atoms with Crippen LogP contribution in [0.1, 0.15) is 20.8 Å². The molecule has 4 rings (SSSR count). The summed E-state index contributed by atoms with van der Waals surface area (Å²) in [6.45, 7) is 5.54. The molecule has 0 saturated heterocycles. The summed E-state index contributed by atoms with van der Waals surface area (Å²) in [5.74, 6) is 0.492. The SMILES string of the molecule is CC(C)(C)C(=O)Nc1cccc(NC(=O)CSc2nnc(-c3cccnc3)n2-c2ccccc2)c1. The van der Waals surface area contributed by atoms with Crippen LogP contribution in [0, 0.1) is 5.41 Å². The third kappa shape index (κ3) is 6.13. The lowest BCUT2D eigenvalue weighted by molar-refractivity contribution is -0.123. The third-order valence-electron chi connectivity index (χ3n) is 4.99. The highest BCUT2D eigenvalue weighted by Gasteiger charge is 2.21. The van der Waals surface area contributed by atoms with Crippen molar-refractivity contribution in [1.29, 1.82) is 0 Å². The van der Waals surface area contributed by atoms with Crippen molar-refractivity contribution in [3.05, 3.63) is 79.1 Å². The quantitative estimate of drug-likeness (QED) is 0.355. The van der Waals surface area contributed by atoms with Crippen molar-refractivity contribution in [2.75, 3.05) is 16.4 Å². The van der Waals surface area contributed by atoms with Crippen LogP contribution in [0.15, 0.2) is 84.3 Å². The van der Waals surface area contributed by atoms with E-state index in [9.17, 15) is 9.59 Å². The highest BCUT2D eigenvalue weighted by atomic mass is 32.2. The van der Waals surface area contributed by atoms with Crippen molar-refractivity contribution in [2.24, 2.45) is 5.41 Å². The van der Waals surface area contributed by atoms with Crippen LogP contribution in [0.2, 0.25) is 0 Å². The fraction of sp³-hybridized carbons (Fsp3) is 0.192. The van der Waals surface area contributed by atoms with E-state index in [1.807, 2.05) is 67.8 Å². The van der Waals surface area contributed by atoms with E-state index >= 15 is 0 Å². The number of amides is 2. The predicted molar refractivity (Wildman–Crippen MR) is 138 cm³/mol. The van der Waals surface area contributed by atoms with Gasteiger partial charge in [-0.15, -0.1) is 10.2 Å². The number of aromatic nitrogens is 4. The van der Waals surface area contributed by atoms with E-state index < -0.39 is 5.41 Å². The van der Waals surface area contributed by atoms with Crippen LogP contribution < -0.4 is 10.6 Å². The minimum absolute atomic E-state index is 0.0961. The summed E-state index contributed by atoms with van der Waals surface area (Å²) >= 11 is 1.29. The van der Waals surface area contributed by atoms with Crippen LogP contribution in [0.3, 0.4) is 0 Å². The van der Waals surface area contributed by atoms with E-state index in [2.05, 4.69) is 25.8 Å². The van der Waals surface area contributed by atoms with E-state index in [0.29, 0.717) is 22.4 Å². The number of carbonyl (C=O) groups excluding carboxylic acids is 2. The Morgan fingerprint density at radius 3 is 2.34 bits per heavy atom. The predicted octanol–water partition coefficient (Wildman–Crippen LogP) is 5.04. The van der Waals surface area contributed by atoms with Gasteiger partial charge in [-0.1, -0.05) is 56.8 Å². The highest BCUT2D eigenvalue weighted by Crippen LogP contribution is 2.28. The molecule has 2 aromatic carbocycles. The van der Waals surface area contributed by atoms with E-state index in [1.165, 1.54) is 11.8 Å². The number of para-hydroxylation sites is 1. The van der Waals surface area contributed by atoms with E-state index in [1.54, 1.807) is 36.7 Å². The van der Waals surface area contributed by atoms with Gasteiger partial charge >= 0.3 is 0 Å². The average Bonchev–Trinajstić information content (AvgIpc) is 3.27. The first-order valence-corrected chi connectivity index (χ1v) is 12.1. The number of hydrogen-bond acceptors (Lipinski definition) is 6. The number of rotatable bonds is 7. The molecular weight excluding hydrogens is 460 g/mol. The van der Waals surface area contributed by atoms with Crippen LogP contribution in [-0.4, -0.2) is 37.3 Å². The molecule has 2 amide bonds. The molecule has 8 nitrogen and oxygen atoms in total. The minimum Gasteiger partial charge on any atom is -0.326 e. The zero-order chi connectivity index (χ0) is 24.8. The molecule has 2 aromatic heterocycles. The Kier molecular flexibility index (Phi) is 7.26. The number of carbonyl (C=O) groups is 2. The Balaban J connectivity index is 1.48. The second-order valence-electron chi connectivity index (χ2n) is 8.84. The van der Waals surface area contributed by atoms with Crippen molar-refractivity contribution in [3.63, 3.8) is 0 Å². The molecule has 9 heteroatoms. The van der Waals surface area contributed by atoms with Crippen molar-refractivity contribution in [1.82, 2.24) is 19.7 Å². The number of pyridine rings is 1. The van der Waals surface area contributed by atoms with Gasteiger partial charge in [0.15, 0.2) is 11.0 Å². The number of benzene rings is 2. The normalized spacial score (nSPS) is 11.2. The number of hydrogen-bond donors (Lipinski definition) is 2. The maximum atomic E-state index is 12.7. The van der Waals surface area contributed by atoms with Crippen molar-refractivity contribution >= 4 is 35.0 Å². The minimum atomic E-state index is -0.515. The molecule has 4 aromatic rings. The Morgan fingerprint density at radius 1 is 0.914 bits per heavy atom. The van der Waals surface area contributed by atoms with Crippen LogP contribution in [0.25, 0.3) is 17.1 Å². The fourth-order valence-electron chi connectivity index (χ4n) is 3.18. The van der Waals surface area contributed by atoms with Crippen LogP contribution in [-0.2, 0) is 9.59 Å². The molecule has 0 atom stereocenters. The summed E-state index contributed by atoms with van der Waals surface area (Å²) in [5.41, 5.74) is 2.43. The number of thioether (sulfide) groups is 1. The van der Waals surface area contributed by atoms with Gasteiger partial charge in [0.1, 0.15) is 0 Å². The van der Waals surface area contributed by atoms with Crippen LogP contribution in [0.4, 0.5) is 11.4 Å². The summed E-state index contributed by atoms with van der Waals surface area (Å²) < 4.78 is 1.91. The van der Waals surface area contributed by atoms with Crippen LogP contribution in [0.5, 0.6) is 0 Å². The largest absolute Gasteiger partial charge is 0.326 e. The molecular formula is C26H26N6O2S. The molecule has 0 unspecified atom stereocenters. The molecule has 0 fully saturated rings. The highest BCUT2D eigenvalue weighted by molar-refractivity contribution is 7.99. The summed E-state index contributed by atoms with van der Waals surface area (Å²) in [6.07, 6.45) is 3.44. The number of anilines is 2. The Bertz CT molecular complexity index is 1320. The number of nitrogens with zero attached hydrogens (tertiary/aromatic N) is 4. The molecule has 35 heavy (non-hydrogen) atoms. The number of nitrogens with one attached hydrogen (secondary N) is 2. The maximum absolute atomic E-state index is 12.7. The van der Waals surface area contributed by atoms with Gasteiger partial charge in [-0.25, -0.2) is 0 Å². The zero-order valence-corrected chi connectivity index (χ0v) is 20.5. The maximum Gasteiger partial charge on any atom is 0.234 e. The Labute approximate surface area is 208 Å². The molecule has 0 saturated carbocycles. The first kappa shape index (κ1) is 24.2. The molecule has 0 aliphatic heterocycles. The first-order chi connectivity index (χ1) is 16.8. The molecule has 0 bridgehead atoms. The van der Waals surface area contributed by atoms with Crippen molar-refractivity contribution < 1.29 is 9.59 Å². The summed E-state index contributed by atoms with van der Waals surface area (Å²) in [7, 11) is 0. The lowest BCUT2D eigenvalue weighted by Crippen LogP contribution is -2.27. The second kappa shape index (κ2) is 10.5. The van der Waals surface area contributed by atoms with Gasteiger partial charge in [-0.3, -0.25) is 19.1 Å². The van der Waals surface area contributed by atoms with Gasteiger partial charge in [0.2, 0.25) is 11.8 Å². The summed E-state index contributed by atoms with van der Waals surface area (Å²) in [5, 5.41) is 15.1. The molecule has 2 heterocycles. The standard InChI is InChI=1S/C26H26N6O2S/c1-26(2,3)24(34)29-20-11-7-10-19(15-20)28-22(33)17-35-25-31-30-23(18-9-8-14-27-16-18)32(25)21-12-5-4-6-13-21/h4-16H,17H2,1-3H3,(H,28,33)(H,29,34). The topological polar surface area (TPSA) is 102 Å². The monoisotopic (exact) mass is 486 g/mol. The van der Waals surface area contributed by atoms with Crippen molar-refractivity contribution in [3.8, 4) is 17.1 Å². The van der Waals surface area contributed by atoms with Crippen LogP contribution >= 0.6 is 11.8 Å². The third-order valence-corrected chi connectivity index (χ3v) is 5.91. The Morgan fingerprint density at radius 2 is 1.66 bits per heavy atom. The average molecular weight is 487 g/mol. The first-order valence-electron chi connectivity index (χ1n) is 11.1.